The van der Waals surface area contributed by atoms with Crippen LogP contribution in [0.4, 0.5) is 4.39 Å². The number of aryl methyl sites for hydroxylation is 2. The fourth-order valence-electron chi connectivity index (χ4n) is 4.46. The molecule has 1 fully saturated rings. The summed E-state index contributed by atoms with van der Waals surface area (Å²) in [5.74, 6) is -0.229. The summed E-state index contributed by atoms with van der Waals surface area (Å²) in [6.45, 7) is 5.57. The molecule has 0 spiro atoms. The van der Waals surface area contributed by atoms with Crippen molar-refractivity contribution in [2.24, 2.45) is 0 Å². The second kappa shape index (κ2) is 8.23. The van der Waals surface area contributed by atoms with Gasteiger partial charge in [-0.05, 0) is 49.4 Å². The molecule has 0 bridgehead atoms. The summed E-state index contributed by atoms with van der Waals surface area (Å²) in [4.78, 5) is 4.51. The topological polar surface area (TPSA) is 68.6 Å². The lowest BCUT2D eigenvalue weighted by atomic mass is 9.98. The molecule has 3 aromatic heterocycles. The van der Waals surface area contributed by atoms with Gasteiger partial charge >= 0.3 is 0 Å². The zero-order chi connectivity index (χ0) is 21.4. The number of halogens is 1. The van der Waals surface area contributed by atoms with Crippen LogP contribution in [0.25, 0.3) is 33.4 Å². The van der Waals surface area contributed by atoms with Gasteiger partial charge in [0, 0.05) is 35.9 Å². The van der Waals surface area contributed by atoms with E-state index in [4.69, 9.17) is 4.74 Å². The van der Waals surface area contributed by atoms with Gasteiger partial charge < -0.3 is 4.74 Å². The maximum Gasteiger partial charge on any atom is 0.133 e. The van der Waals surface area contributed by atoms with Crippen molar-refractivity contribution in [1.82, 2.24) is 25.0 Å². The molecule has 1 N–H and O–H groups in total. The van der Waals surface area contributed by atoms with Gasteiger partial charge in [0.15, 0.2) is 0 Å². The first kappa shape index (κ1) is 19.9. The van der Waals surface area contributed by atoms with Crippen molar-refractivity contribution in [1.29, 1.82) is 0 Å². The highest BCUT2D eigenvalue weighted by Gasteiger charge is 2.19. The number of rotatable bonds is 5. The zero-order valence-electron chi connectivity index (χ0n) is 17.9. The Morgan fingerprint density at radius 2 is 2.03 bits per heavy atom. The maximum atomic E-state index is 15.0. The minimum Gasteiger partial charge on any atom is -0.381 e. The molecule has 0 atom stereocenters. The van der Waals surface area contributed by atoms with Crippen molar-refractivity contribution < 1.29 is 9.13 Å². The standard InChI is InChI=1S/C24H26FN5O/c1-3-4-16-9-15(2)23(20(25)10-16)21-11-19-22(13-26-21)28-29-24(19)17-12-27-30(14-17)18-5-7-31-8-6-18/h9-14,18H,3-8H2,1-2H3,(H,28,29). The lowest BCUT2D eigenvalue weighted by Crippen LogP contribution is -2.19. The molecule has 0 amide bonds. The van der Waals surface area contributed by atoms with Gasteiger partial charge in [0.1, 0.15) is 11.5 Å². The Morgan fingerprint density at radius 3 is 2.81 bits per heavy atom. The Bertz CT molecular complexity index is 1200. The average Bonchev–Trinajstić information content (AvgIpc) is 3.41. The molecule has 0 saturated carbocycles. The van der Waals surface area contributed by atoms with Crippen molar-refractivity contribution >= 4 is 10.9 Å². The minimum absolute atomic E-state index is 0.229. The van der Waals surface area contributed by atoms with Crippen molar-refractivity contribution in [3.63, 3.8) is 0 Å². The predicted octanol–water partition coefficient (Wildman–Crippen LogP) is 5.24. The molecule has 4 heterocycles. The van der Waals surface area contributed by atoms with E-state index >= 15 is 0 Å². The van der Waals surface area contributed by atoms with E-state index in [1.165, 1.54) is 0 Å². The molecule has 4 aromatic rings. The number of fused-ring (bicyclic) bond motifs is 1. The van der Waals surface area contributed by atoms with Crippen LogP contribution in [0.3, 0.4) is 0 Å². The summed E-state index contributed by atoms with van der Waals surface area (Å²) in [6, 6.07) is 5.96. The molecule has 0 unspecified atom stereocenters. The first-order valence-electron chi connectivity index (χ1n) is 10.9. The van der Waals surface area contributed by atoms with E-state index in [0.717, 1.165) is 72.2 Å². The SMILES string of the molecule is CCCc1cc(C)c(-c2cc3c(-c4cnn(C5CCOCC5)c4)n[nH]c3cn2)c(F)c1. The average molecular weight is 420 g/mol. The first-order chi connectivity index (χ1) is 15.1. The van der Waals surface area contributed by atoms with Crippen LogP contribution < -0.4 is 0 Å². The molecule has 1 aliphatic rings. The van der Waals surface area contributed by atoms with E-state index in [9.17, 15) is 4.39 Å². The minimum atomic E-state index is -0.229. The van der Waals surface area contributed by atoms with Gasteiger partial charge in [0.2, 0.25) is 0 Å². The third-order valence-corrected chi connectivity index (χ3v) is 6.03. The Labute approximate surface area is 180 Å². The molecule has 1 saturated heterocycles. The van der Waals surface area contributed by atoms with E-state index in [1.54, 1.807) is 12.3 Å². The smallest absolute Gasteiger partial charge is 0.133 e. The molecule has 31 heavy (non-hydrogen) atoms. The Kier molecular flexibility index (Phi) is 5.28. The van der Waals surface area contributed by atoms with Gasteiger partial charge in [0.05, 0.1) is 29.6 Å². The van der Waals surface area contributed by atoms with Crippen molar-refractivity contribution in [2.75, 3.05) is 13.2 Å². The summed E-state index contributed by atoms with van der Waals surface area (Å²) < 4.78 is 22.5. The van der Waals surface area contributed by atoms with Crippen LogP contribution in [0.15, 0.2) is 36.8 Å². The highest BCUT2D eigenvalue weighted by atomic mass is 19.1. The van der Waals surface area contributed by atoms with Gasteiger partial charge in [0.25, 0.3) is 0 Å². The monoisotopic (exact) mass is 419 g/mol. The normalized spacial score (nSPS) is 15.1. The van der Waals surface area contributed by atoms with E-state index in [-0.39, 0.29) is 5.82 Å². The van der Waals surface area contributed by atoms with E-state index in [2.05, 4.69) is 33.3 Å². The van der Waals surface area contributed by atoms with Crippen LogP contribution in [-0.4, -0.2) is 38.2 Å². The largest absolute Gasteiger partial charge is 0.381 e. The molecule has 160 valence electrons. The summed E-state index contributed by atoms with van der Waals surface area (Å²) in [6.07, 6.45) is 9.39. The number of nitrogens with one attached hydrogen (secondary N) is 1. The fourth-order valence-corrected chi connectivity index (χ4v) is 4.46. The van der Waals surface area contributed by atoms with Gasteiger partial charge in [-0.25, -0.2) is 4.39 Å². The first-order valence-corrected chi connectivity index (χ1v) is 10.9. The number of hydrogen-bond donors (Lipinski definition) is 1. The summed E-state index contributed by atoms with van der Waals surface area (Å²) >= 11 is 0. The Balaban J connectivity index is 1.53. The Hall–Kier alpha value is -3.06. The summed E-state index contributed by atoms with van der Waals surface area (Å²) in [5, 5.41) is 13.0. The van der Waals surface area contributed by atoms with Crippen LogP contribution >= 0.6 is 0 Å². The number of aromatic nitrogens is 5. The van der Waals surface area contributed by atoms with Gasteiger partial charge in [-0.1, -0.05) is 19.4 Å². The van der Waals surface area contributed by atoms with E-state index in [0.29, 0.717) is 17.3 Å². The summed E-state index contributed by atoms with van der Waals surface area (Å²) in [7, 11) is 0. The second-order valence-corrected chi connectivity index (χ2v) is 8.26. The van der Waals surface area contributed by atoms with Gasteiger partial charge in [-0.2, -0.15) is 10.2 Å². The highest BCUT2D eigenvalue weighted by molar-refractivity contribution is 5.94. The van der Waals surface area contributed by atoms with Crippen LogP contribution in [0.5, 0.6) is 0 Å². The predicted molar refractivity (Wildman–Crippen MR) is 118 cm³/mol. The lowest BCUT2D eigenvalue weighted by molar-refractivity contribution is 0.0662. The van der Waals surface area contributed by atoms with Crippen LogP contribution in [0, 0.1) is 12.7 Å². The van der Waals surface area contributed by atoms with Crippen molar-refractivity contribution in [2.45, 2.75) is 45.6 Å². The van der Waals surface area contributed by atoms with E-state index in [1.807, 2.05) is 30.1 Å². The van der Waals surface area contributed by atoms with Crippen LogP contribution in [0.1, 0.15) is 43.4 Å². The number of nitrogens with zero attached hydrogens (tertiary/aromatic N) is 4. The maximum absolute atomic E-state index is 15.0. The van der Waals surface area contributed by atoms with Crippen LogP contribution in [-0.2, 0) is 11.2 Å². The number of ether oxygens (including phenoxy) is 1. The number of hydrogen-bond acceptors (Lipinski definition) is 4. The molecular weight excluding hydrogens is 393 g/mol. The summed E-state index contributed by atoms with van der Waals surface area (Å²) in [5.41, 5.74) is 5.64. The number of pyridine rings is 1. The molecule has 0 aliphatic carbocycles. The molecule has 6 nitrogen and oxygen atoms in total. The number of benzene rings is 1. The highest BCUT2D eigenvalue weighted by Crippen LogP contribution is 2.33. The van der Waals surface area contributed by atoms with Gasteiger partial charge in [-0.3, -0.25) is 14.8 Å². The van der Waals surface area contributed by atoms with Crippen molar-refractivity contribution in [3.05, 3.63) is 53.7 Å². The fraction of sp³-hybridized carbons (Fsp3) is 0.375. The number of H-pyrrole nitrogens is 1. The zero-order valence-corrected chi connectivity index (χ0v) is 17.9. The molecule has 7 heteroatoms. The third-order valence-electron chi connectivity index (χ3n) is 6.03. The van der Waals surface area contributed by atoms with Crippen molar-refractivity contribution in [3.8, 4) is 22.5 Å². The molecule has 0 radical (unpaired) electrons. The van der Waals surface area contributed by atoms with Gasteiger partial charge in [-0.15, -0.1) is 0 Å². The number of aromatic amines is 1. The molecular formula is C24H26FN5O. The third kappa shape index (κ3) is 3.74. The van der Waals surface area contributed by atoms with E-state index < -0.39 is 0 Å². The quantitative estimate of drug-likeness (QED) is 0.480. The second-order valence-electron chi connectivity index (χ2n) is 8.26. The molecule has 1 aromatic carbocycles. The lowest BCUT2D eigenvalue weighted by Gasteiger charge is -2.22. The molecule has 5 rings (SSSR count). The van der Waals surface area contributed by atoms with Crippen LogP contribution in [0.2, 0.25) is 0 Å². The molecule has 1 aliphatic heterocycles. The Morgan fingerprint density at radius 1 is 1.19 bits per heavy atom.